The van der Waals surface area contributed by atoms with Crippen LogP contribution >= 0.6 is 0 Å². The Kier molecular flexibility index (Phi) is 30.4. The summed E-state index contributed by atoms with van der Waals surface area (Å²) in [7, 11) is 0. The summed E-state index contributed by atoms with van der Waals surface area (Å²) in [6.45, 7) is 58.9. The summed E-state index contributed by atoms with van der Waals surface area (Å²) >= 11 is 0. The van der Waals surface area contributed by atoms with E-state index in [0.29, 0.717) is 71.6 Å². The molecule has 101 heavy (non-hydrogen) atoms. The number of ether oxygens (including phenoxy) is 4. The normalized spacial score (nSPS) is 14.8. The molecule has 0 aliphatic rings. The first-order chi connectivity index (χ1) is 46.0. The minimum atomic E-state index is -1.66. The average molecular weight is 1400 g/mol. The Morgan fingerprint density at radius 3 is 0.564 bits per heavy atom. The van der Waals surface area contributed by atoms with Crippen LogP contribution in [0.25, 0.3) is 0 Å². The SMILES string of the molecule is CC(CCc1cc(C(C)(C)C)cc(CCC(=O)OCC(COC(=O)CCc2cc(C(C)(C)C)cc(CCC(C)C(C)(C)C)c2O)(COC(=O)CCc2cc(C(C)(C)C)cc(CCC(C)C(C)(C)C)c2O)COC(=O)CCc2cc(C(C)(C)C)cc(CCC(C)C(C)(C)C)c2O)c1O)C(C)(C)C. The van der Waals surface area contributed by atoms with Crippen molar-refractivity contribution >= 4 is 23.9 Å². The van der Waals surface area contributed by atoms with E-state index in [1.165, 1.54) is 0 Å². The van der Waals surface area contributed by atoms with Crippen molar-refractivity contribution in [3.8, 4) is 23.0 Å². The van der Waals surface area contributed by atoms with E-state index in [-0.39, 0.29) is 118 Å². The molecule has 0 fully saturated rings. The van der Waals surface area contributed by atoms with Gasteiger partial charge in [-0.05, 0) is 211 Å². The molecule has 0 aliphatic heterocycles. The van der Waals surface area contributed by atoms with Gasteiger partial charge in [-0.2, -0.15) is 0 Å². The Bertz CT molecular complexity index is 2950. The van der Waals surface area contributed by atoms with E-state index in [0.717, 1.165) is 70.2 Å². The van der Waals surface area contributed by atoms with E-state index < -0.39 is 55.7 Å². The fourth-order valence-electron chi connectivity index (χ4n) is 11.9. The molecule has 4 N–H and O–H groups in total. The lowest BCUT2D eigenvalue weighted by Gasteiger charge is -2.32. The fraction of sp³-hybridized carbons (Fsp3) is 0.685. The van der Waals surface area contributed by atoms with Crippen molar-refractivity contribution in [3.05, 3.63) is 115 Å². The van der Waals surface area contributed by atoms with Crippen LogP contribution in [-0.4, -0.2) is 70.7 Å². The zero-order chi connectivity index (χ0) is 77.0. The highest BCUT2D eigenvalue weighted by molar-refractivity contribution is 5.72. The van der Waals surface area contributed by atoms with Gasteiger partial charge in [0.2, 0.25) is 0 Å². The molecule has 0 radical (unpaired) electrons. The van der Waals surface area contributed by atoms with Crippen LogP contribution in [0, 0.1) is 50.7 Å². The summed E-state index contributed by atoms with van der Waals surface area (Å²) in [5.41, 5.74) is 7.36. The molecule has 0 saturated carbocycles. The topological polar surface area (TPSA) is 186 Å². The van der Waals surface area contributed by atoms with E-state index in [1.807, 2.05) is 24.3 Å². The van der Waals surface area contributed by atoms with Crippen molar-refractivity contribution in [2.75, 3.05) is 26.4 Å². The van der Waals surface area contributed by atoms with Gasteiger partial charge in [-0.25, -0.2) is 0 Å². The maximum absolute atomic E-state index is 14.4. The van der Waals surface area contributed by atoms with Gasteiger partial charge in [0.25, 0.3) is 0 Å². The lowest BCUT2D eigenvalue weighted by molar-refractivity contribution is -0.170. The predicted octanol–water partition coefficient (Wildman–Crippen LogP) is 21.1. The summed E-state index contributed by atoms with van der Waals surface area (Å²) in [5, 5.41) is 47.5. The average Bonchev–Trinajstić information content (AvgIpc) is 0.822. The summed E-state index contributed by atoms with van der Waals surface area (Å²) < 4.78 is 24.8. The van der Waals surface area contributed by atoms with Gasteiger partial charge in [0.15, 0.2) is 0 Å². The van der Waals surface area contributed by atoms with Crippen LogP contribution in [0.2, 0.25) is 0 Å². The number of benzene rings is 4. The second kappa shape index (κ2) is 35.2. The number of hydrogen-bond acceptors (Lipinski definition) is 12. The smallest absolute Gasteiger partial charge is 0.306 e. The predicted molar refractivity (Wildman–Crippen MR) is 415 cm³/mol. The number of rotatable bonds is 32. The van der Waals surface area contributed by atoms with E-state index >= 15 is 0 Å². The number of aromatic hydroxyl groups is 4. The molecule has 12 heteroatoms. The molecule has 0 aromatic heterocycles. The molecule has 0 saturated heterocycles. The van der Waals surface area contributed by atoms with Gasteiger partial charge < -0.3 is 39.4 Å². The number of esters is 4. The standard InChI is InChI=1S/C89H140O12/c1-57(81(5,6)7)29-33-61-45-69(85(17,18)19)49-65(77(61)94)37-41-73(90)98-53-89(54-99-74(91)42-38-66-50-70(86(20,21)22)46-62(78(66)95)34-30-58(2)82(8,9)10,55-100-75(92)43-39-67-51-71(87(23,24)25)47-63(79(67)96)35-31-59(3)83(11,12)13)56-101-76(93)44-40-68-52-72(88(26,27)28)48-64(80(68)97)36-32-60(4)84(14,15)16/h45-52,57-60,94-97H,29-44,53-56H2,1-28H3. The Morgan fingerprint density at radius 2 is 0.426 bits per heavy atom. The molecule has 0 bridgehead atoms. The van der Waals surface area contributed by atoms with Gasteiger partial charge in [0, 0.05) is 25.7 Å². The molecule has 4 atom stereocenters. The summed E-state index contributed by atoms with van der Waals surface area (Å²) in [5.74, 6) is -0.522. The Morgan fingerprint density at radius 1 is 0.277 bits per heavy atom. The van der Waals surface area contributed by atoms with Gasteiger partial charge in [-0.1, -0.05) is 242 Å². The van der Waals surface area contributed by atoms with Crippen molar-refractivity contribution in [1.29, 1.82) is 0 Å². The lowest BCUT2D eigenvalue weighted by atomic mass is 9.78. The number of hydrogen-bond donors (Lipinski definition) is 4. The molecule has 0 spiro atoms. The van der Waals surface area contributed by atoms with Crippen LogP contribution in [0.4, 0.5) is 0 Å². The van der Waals surface area contributed by atoms with Crippen LogP contribution in [0.5, 0.6) is 23.0 Å². The quantitative estimate of drug-likeness (QED) is 0.0268. The van der Waals surface area contributed by atoms with Crippen molar-refractivity contribution in [2.24, 2.45) is 50.7 Å². The first-order valence-electron chi connectivity index (χ1n) is 38.1. The first-order valence-corrected chi connectivity index (χ1v) is 38.1. The molecule has 12 nitrogen and oxygen atoms in total. The van der Waals surface area contributed by atoms with Crippen LogP contribution in [0.3, 0.4) is 0 Å². The number of aryl methyl sites for hydroxylation is 8. The first kappa shape index (κ1) is 87.4. The van der Waals surface area contributed by atoms with Gasteiger partial charge in [0.05, 0.1) is 0 Å². The van der Waals surface area contributed by atoms with Crippen LogP contribution in [-0.2, 0) is 111 Å². The van der Waals surface area contributed by atoms with Crippen LogP contribution in [0.1, 0.15) is 312 Å². The van der Waals surface area contributed by atoms with E-state index in [2.05, 4.69) is 218 Å². The molecule has 0 amide bonds. The zero-order valence-electron chi connectivity index (χ0n) is 68.6. The van der Waals surface area contributed by atoms with E-state index in [4.69, 9.17) is 18.9 Å². The maximum Gasteiger partial charge on any atom is 0.306 e. The van der Waals surface area contributed by atoms with Crippen LogP contribution in [0.15, 0.2) is 48.5 Å². The number of carbonyl (C=O) groups excluding carboxylic acids is 4. The second-order valence-electron chi connectivity index (χ2n) is 38.9. The third-order valence-electron chi connectivity index (χ3n) is 22.4. The molecular formula is C89H140O12. The highest BCUT2D eigenvalue weighted by Crippen LogP contribution is 2.41. The van der Waals surface area contributed by atoms with Gasteiger partial charge >= 0.3 is 23.9 Å². The van der Waals surface area contributed by atoms with Crippen molar-refractivity contribution in [2.45, 2.75) is 318 Å². The Balaban J connectivity index is 1.82. The molecule has 4 unspecified atom stereocenters. The van der Waals surface area contributed by atoms with Gasteiger partial charge in [-0.3, -0.25) is 19.2 Å². The Hall–Kier alpha value is -6.04. The second-order valence-corrected chi connectivity index (χ2v) is 38.9. The van der Waals surface area contributed by atoms with Gasteiger partial charge in [-0.15, -0.1) is 0 Å². The molecular weight excluding hydrogens is 1260 g/mol. The molecule has 4 aromatic carbocycles. The molecule has 4 rings (SSSR count). The third kappa shape index (κ3) is 27.5. The number of phenolic OH excluding ortho intramolecular Hbond substituents is 4. The van der Waals surface area contributed by atoms with E-state index in [9.17, 15) is 39.6 Å². The largest absolute Gasteiger partial charge is 0.507 e. The fourth-order valence-corrected chi connectivity index (χ4v) is 11.9. The van der Waals surface area contributed by atoms with Crippen LogP contribution < -0.4 is 0 Å². The highest BCUT2D eigenvalue weighted by Gasteiger charge is 2.39. The molecule has 0 aliphatic carbocycles. The molecule has 568 valence electrons. The minimum Gasteiger partial charge on any atom is -0.507 e. The van der Waals surface area contributed by atoms with Crippen molar-refractivity contribution in [3.63, 3.8) is 0 Å². The monoisotopic (exact) mass is 1400 g/mol. The lowest BCUT2D eigenvalue weighted by Crippen LogP contribution is -2.44. The van der Waals surface area contributed by atoms with Gasteiger partial charge in [0.1, 0.15) is 54.8 Å². The number of carbonyl (C=O) groups is 4. The molecule has 4 aromatic rings. The summed E-state index contributed by atoms with van der Waals surface area (Å²) in [6.07, 6.45) is 6.01. The summed E-state index contributed by atoms with van der Waals surface area (Å²) in [4.78, 5) is 57.7. The third-order valence-corrected chi connectivity index (χ3v) is 22.4. The summed E-state index contributed by atoms with van der Waals surface area (Å²) in [6, 6.07) is 16.1. The zero-order valence-corrected chi connectivity index (χ0v) is 68.6. The maximum atomic E-state index is 14.4. The molecule has 0 heterocycles. The van der Waals surface area contributed by atoms with Crippen molar-refractivity contribution in [1.82, 2.24) is 0 Å². The van der Waals surface area contributed by atoms with E-state index in [1.54, 1.807) is 0 Å². The highest BCUT2D eigenvalue weighted by atomic mass is 16.6. The Labute approximate surface area is 613 Å². The minimum absolute atomic E-state index is 0.0705. The van der Waals surface area contributed by atoms with Crippen molar-refractivity contribution < 1.29 is 58.6 Å². The number of phenols is 4.